The van der Waals surface area contributed by atoms with Gasteiger partial charge in [-0.1, -0.05) is 30.3 Å². The summed E-state index contributed by atoms with van der Waals surface area (Å²) in [5.74, 6) is 0.588. The Kier molecular flexibility index (Phi) is 12.8. The molecule has 11 nitrogen and oxygen atoms in total. The molecule has 2 aliphatic heterocycles. The molecule has 2 aliphatic rings. The van der Waals surface area contributed by atoms with Crippen molar-refractivity contribution >= 4 is 12.2 Å². The molecule has 0 atom stereocenters. The molecule has 0 bridgehead atoms. The first kappa shape index (κ1) is 34.5. The normalized spacial score (nSPS) is 15.4. The van der Waals surface area contributed by atoms with Crippen molar-refractivity contribution in [2.45, 2.75) is 32.7 Å². The number of carbonyl (C=O) groups excluding carboxylic acids is 1. The number of aromatic nitrogens is 3. The highest BCUT2D eigenvalue weighted by Gasteiger charge is 2.23. The fourth-order valence-electron chi connectivity index (χ4n) is 5.72. The highest BCUT2D eigenvalue weighted by molar-refractivity contribution is 5.70. The maximum absolute atomic E-state index is 12.6. The zero-order chi connectivity index (χ0) is 33.6. The third-order valence-corrected chi connectivity index (χ3v) is 8.69. The van der Waals surface area contributed by atoms with Gasteiger partial charge in [-0.05, 0) is 73.4 Å². The molecule has 2 fully saturated rings. The summed E-state index contributed by atoms with van der Waals surface area (Å²) in [5, 5.41) is 8.81. The quantitative estimate of drug-likeness (QED) is 0.272. The lowest BCUT2D eigenvalue weighted by Crippen LogP contribution is -2.49. The van der Waals surface area contributed by atoms with Gasteiger partial charge < -0.3 is 19.6 Å². The fourth-order valence-corrected chi connectivity index (χ4v) is 5.72. The lowest BCUT2D eigenvalue weighted by atomic mass is 10.1. The van der Waals surface area contributed by atoms with Crippen LogP contribution in [0.3, 0.4) is 0 Å². The van der Waals surface area contributed by atoms with Crippen LogP contribution in [0.4, 0.5) is 9.59 Å². The Balaban J connectivity index is 0.000000236. The number of benzene rings is 1. The van der Waals surface area contributed by atoms with E-state index in [0.29, 0.717) is 31.9 Å². The van der Waals surface area contributed by atoms with E-state index < -0.39 is 6.09 Å². The molecule has 0 spiro atoms. The predicted molar refractivity (Wildman–Crippen MR) is 184 cm³/mol. The van der Waals surface area contributed by atoms with Gasteiger partial charge in [-0.15, -0.1) is 0 Å². The van der Waals surface area contributed by atoms with Crippen LogP contribution in [-0.4, -0.2) is 111 Å². The Morgan fingerprint density at radius 2 is 1.29 bits per heavy atom. The number of amides is 2. The standard InChI is InChI=1S/C26H30N4O2.C11H15N3O2/c1-21-5-4-15-28-25(21)12-9-22-7-10-24(11-8-22)32-26(31)30-19-17-29(18-20-30)16-13-23-6-2-3-14-27-23;15-11(16)14-7-5-13(6-8-14)9-10-3-1-2-4-12-10/h2-8,10-11,14-15H,9,12-13,16-20H2,1H3;1-4H,5-9H2,(H,15,16). The summed E-state index contributed by atoms with van der Waals surface area (Å²) < 4.78 is 5.60. The Labute approximate surface area is 282 Å². The van der Waals surface area contributed by atoms with E-state index in [4.69, 9.17) is 9.84 Å². The molecular weight excluding hydrogens is 606 g/mol. The van der Waals surface area contributed by atoms with Crippen molar-refractivity contribution in [2.24, 2.45) is 0 Å². The van der Waals surface area contributed by atoms with Crippen LogP contribution in [0.25, 0.3) is 0 Å². The molecule has 4 aromatic rings. The van der Waals surface area contributed by atoms with Crippen LogP contribution in [0.1, 0.15) is 28.2 Å². The topological polar surface area (TPSA) is 115 Å². The number of hydrogen-bond acceptors (Lipinski definition) is 8. The number of nitrogens with zero attached hydrogens (tertiary/aromatic N) is 7. The molecule has 0 radical (unpaired) electrons. The van der Waals surface area contributed by atoms with Gasteiger partial charge in [0.1, 0.15) is 5.75 Å². The lowest BCUT2D eigenvalue weighted by molar-refractivity contribution is 0.102. The number of piperazine rings is 2. The lowest BCUT2D eigenvalue weighted by Gasteiger charge is -2.33. The average Bonchev–Trinajstić information content (AvgIpc) is 3.12. The van der Waals surface area contributed by atoms with Crippen LogP contribution in [0.2, 0.25) is 0 Å². The third kappa shape index (κ3) is 10.9. The molecule has 1 aromatic carbocycles. The van der Waals surface area contributed by atoms with Crippen LogP contribution in [0.5, 0.6) is 5.75 Å². The van der Waals surface area contributed by atoms with E-state index in [1.807, 2.05) is 73.1 Å². The van der Waals surface area contributed by atoms with E-state index in [0.717, 1.165) is 75.6 Å². The summed E-state index contributed by atoms with van der Waals surface area (Å²) in [6, 6.07) is 23.7. The minimum atomic E-state index is -0.822. The van der Waals surface area contributed by atoms with Gasteiger partial charge in [-0.3, -0.25) is 24.8 Å². The average molecular weight is 652 g/mol. The summed E-state index contributed by atoms with van der Waals surface area (Å²) in [6.07, 6.45) is 7.09. The third-order valence-electron chi connectivity index (χ3n) is 8.69. The molecular formula is C37H45N7O4. The fraction of sp³-hybridized carbons (Fsp3) is 0.378. The monoisotopic (exact) mass is 651 g/mol. The molecule has 1 N–H and O–H groups in total. The molecule has 0 saturated carbocycles. The Morgan fingerprint density at radius 1 is 0.667 bits per heavy atom. The van der Waals surface area contributed by atoms with Gasteiger partial charge >= 0.3 is 12.2 Å². The van der Waals surface area contributed by atoms with Crippen molar-refractivity contribution in [2.75, 3.05) is 58.9 Å². The summed E-state index contributed by atoms with van der Waals surface area (Å²) in [5.41, 5.74) is 5.69. The number of carbonyl (C=O) groups is 2. The summed E-state index contributed by atoms with van der Waals surface area (Å²) >= 11 is 0. The van der Waals surface area contributed by atoms with Crippen LogP contribution >= 0.6 is 0 Å². The highest BCUT2D eigenvalue weighted by atomic mass is 16.6. The molecule has 0 aliphatic carbocycles. The molecule has 11 heteroatoms. The number of pyridine rings is 3. The number of rotatable bonds is 9. The van der Waals surface area contributed by atoms with Crippen molar-refractivity contribution in [3.63, 3.8) is 0 Å². The summed E-state index contributed by atoms with van der Waals surface area (Å²) in [6.45, 7) is 9.65. The Bertz CT molecular complexity index is 1560. The van der Waals surface area contributed by atoms with Gasteiger partial charge in [0.05, 0.1) is 5.69 Å². The van der Waals surface area contributed by atoms with Crippen LogP contribution in [0.15, 0.2) is 91.4 Å². The second-order valence-electron chi connectivity index (χ2n) is 12.0. The molecule has 3 aromatic heterocycles. The van der Waals surface area contributed by atoms with Gasteiger partial charge in [0.2, 0.25) is 0 Å². The van der Waals surface area contributed by atoms with Gasteiger partial charge in [-0.25, -0.2) is 9.59 Å². The Hall–Kier alpha value is -4.87. The number of ether oxygens (including phenoxy) is 1. The van der Waals surface area contributed by atoms with Gasteiger partial charge in [0.25, 0.3) is 0 Å². The first-order chi connectivity index (χ1) is 23.4. The number of hydrogen-bond donors (Lipinski definition) is 1. The largest absolute Gasteiger partial charge is 0.465 e. The molecule has 252 valence electrons. The van der Waals surface area contributed by atoms with Crippen LogP contribution in [0, 0.1) is 6.92 Å². The van der Waals surface area contributed by atoms with Crippen molar-refractivity contribution in [3.05, 3.63) is 120 Å². The van der Waals surface area contributed by atoms with E-state index in [1.54, 1.807) is 11.1 Å². The van der Waals surface area contributed by atoms with E-state index in [-0.39, 0.29) is 6.09 Å². The van der Waals surface area contributed by atoms with E-state index in [1.165, 1.54) is 16.0 Å². The van der Waals surface area contributed by atoms with Gasteiger partial charge in [0.15, 0.2) is 0 Å². The van der Waals surface area contributed by atoms with Gasteiger partial charge in [-0.2, -0.15) is 0 Å². The maximum atomic E-state index is 12.6. The molecule has 48 heavy (non-hydrogen) atoms. The van der Waals surface area contributed by atoms with E-state index in [9.17, 15) is 9.59 Å². The zero-order valence-electron chi connectivity index (χ0n) is 27.7. The first-order valence-electron chi connectivity index (χ1n) is 16.6. The number of carboxylic acid groups (broad SMARTS) is 1. The SMILES string of the molecule is Cc1cccnc1CCc1ccc(OC(=O)N2CCN(CCc3ccccn3)CC2)cc1.O=C(O)N1CCN(Cc2ccccn2)CC1. The highest BCUT2D eigenvalue weighted by Crippen LogP contribution is 2.17. The van der Waals surface area contributed by atoms with Crippen molar-refractivity contribution in [1.29, 1.82) is 0 Å². The van der Waals surface area contributed by atoms with Crippen molar-refractivity contribution < 1.29 is 19.4 Å². The molecule has 2 amide bonds. The molecule has 6 rings (SSSR count). The van der Waals surface area contributed by atoms with E-state index in [2.05, 4.69) is 43.8 Å². The van der Waals surface area contributed by atoms with Crippen molar-refractivity contribution in [3.8, 4) is 5.75 Å². The predicted octanol–water partition coefficient (Wildman–Crippen LogP) is 4.81. The van der Waals surface area contributed by atoms with E-state index >= 15 is 0 Å². The first-order valence-corrected chi connectivity index (χ1v) is 16.6. The minimum absolute atomic E-state index is 0.272. The Morgan fingerprint density at radius 3 is 1.92 bits per heavy atom. The summed E-state index contributed by atoms with van der Waals surface area (Å²) in [7, 11) is 0. The van der Waals surface area contributed by atoms with Crippen LogP contribution < -0.4 is 4.74 Å². The van der Waals surface area contributed by atoms with Crippen molar-refractivity contribution in [1.82, 2.24) is 34.6 Å². The second kappa shape index (κ2) is 17.9. The van der Waals surface area contributed by atoms with Gasteiger partial charge in [0, 0.05) is 102 Å². The molecule has 0 unspecified atom stereocenters. The van der Waals surface area contributed by atoms with Crippen LogP contribution in [-0.2, 0) is 25.8 Å². The molecule has 5 heterocycles. The maximum Gasteiger partial charge on any atom is 0.415 e. The minimum Gasteiger partial charge on any atom is -0.465 e. The summed E-state index contributed by atoms with van der Waals surface area (Å²) in [4.78, 5) is 44.2. The zero-order valence-corrected chi connectivity index (χ0v) is 27.7. The smallest absolute Gasteiger partial charge is 0.415 e. The number of aryl methyl sites for hydroxylation is 3. The molecule has 2 saturated heterocycles. The second-order valence-corrected chi connectivity index (χ2v) is 12.0.